The number of anilines is 2. The molecule has 0 radical (unpaired) electrons. The molecule has 0 spiro atoms. The van der Waals surface area contributed by atoms with Crippen LogP contribution < -0.4 is 11.5 Å². The number of nitrogen functional groups attached to an aromatic ring is 2. The SMILES string of the molecule is CC.CC.CC(C)CCCC(C)C1CCC2C3CC=C4C(C)(C)C(OC(=O)c5cc(N)cc(N)c5)CCC4(C)C3CCC12C. The third-order valence-corrected chi connectivity index (χ3v) is 12.6. The fraction of sp³-hybridized carbons (Fsp3) is 0.775. The molecule has 4 heteroatoms. The monoisotopic (exact) mass is 609 g/mol. The van der Waals surface area contributed by atoms with Crippen LogP contribution in [0.25, 0.3) is 0 Å². The lowest BCUT2D eigenvalue weighted by Gasteiger charge is -2.61. The van der Waals surface area contributed by atoms with E-state index in [1.807, 2.05) is 27.7 Å². The highest BCUT2D eigenvalue weighted by Gasteiger charge is 2.61. The molecule has 3 saturated carbocycles. The Morgan fingerprint density at radius 1 is 0.864 bits per heavy atom. The fourth-order valence-electron chi connectivity index (χ4n) is 10.6. The van der Waals surface area contributed by atoms with E-state index in [0.29, 0.717) is 22.4 Å². The topological polar surface area (TPSA) is 78.3 Å². The van der Waals surface area contributed by atoms with E-state index in [-0.39, 0.29) is 22.9 Å². The zero-order valence-corrected chi connectivity index (χ0v) is 30.4. The third kappa shape index (κ3) is 6.90. The van der Waals surface area contributed by atoms with E-state index in [2.05, 4.69) is 54.5 Å². The molecule has 0 bridgehead atoms. The van der Waals surface area contributed by atoms with Gasteiger partial charge in [0, 0.05) is 16.8 Å². The average molecular weight is 609 g/mol. The highest BCUT2D eigenvalue weighted by molar-refractivity contribution is 5.92. The van der Waals surface area contributed by atoms with Crippen molar-refractivity contribution >= 4 is 17.3 Å². The summed E-state index contributed by atoms with van der Waals surface area (Å²) in [5, 5.41) is 0. The molecule has 0 aromatic heterocycles. The normalized spacial score (nSPS) is 34.1. The third-order valence-electron chi connectivity index (χ3n) is 12.6. The maximum absolute atomic E-state index is 13.2. The van der Waals surface area contributed by atoms with Gasteiger partial charge in [-0.2, -0.15) is 0 Å². The minimum absolute atomic E-state index is 0.144. The van der Waals surface area contributed by atoms with Crippen molar-refractivity contribution in [2.75, 3.05) is 11.5 Å². The summed E-state index contributed by atoms with van der Waals surface area (Å²) in [5.74, 6) is 4.62. The van der Waals surface area contributed by atoms with E-state index in [1.165, 1.54) is 56.9 Å². The van der Waals surface area contributed by atoms with Crippen molar-refractivity contribution in [3.63, 3.8) is 0 Å². The molecule has 0 amide bonds. The zero-order chi connectivity index (χ0) is 33.0. The first-order valence-electron chi connectivity index (χ1n) is 18.4. The van der Waals surface area contributed by atoms with Crippen LogP contribution in [0.15, 0.2) is 29.8 Å². The smallest absolute Gasteiger partial charge is 0.338 e. The summed E-state index contributed by atoms with van der Waals surface area (Å²) < 4.78 is 6.21. The number of carbonyl (C=O) groups excluding carboxylic acids is 1. The molecule has 3 fully saturated rings. The van der Waals surface area contributed by atoms with E-state index in [0.717, 1.165) is 48.3 Å². The van der Waals surface area contributed by atoms with Gasteiger partial charge in [-0.15, -0.1) is 0 Å². The van der Waals surface area contributed by atoms with Crippen LogP contribution in [-0.4, -0.2) is 12.1 Å². The van der Waals surface area contributed by atoms with Crippen molar-refractivity contribution in [3.05, 3.63) is 35.4 Å². The summed E-state index contributed by atoms with van der Waals surface area (Å²) in [6.07, 6.45) is 15.4. The molecule has 8 atom stereocenters. The molecular weight excluding hydrogens is 540 g/mol. The molecule has 5 rings (SSSR count). The van der Waals surface area contributed by atoms with Gasteiger partial charge >= 0.3 is 5.97 Å². The van der Waals surface area contributed by atoms with Crippen LogP contribution in [0.1, 0.15) is 151 Å². The number of rotatable bonds is 7. The van der Waals surface area contributed by atoms with Crippen molar-refractivity contribution < 1.29 is 9.53 Å². The van der Waals surface area contributed by atoms with Crippen LogP contribution >= 0.6 is 0 Å². The Morgan fingerprint density at radius 2 is 1.50 bits per heavy atom. The number of esters is 1. The molecule has 4 nitrogen and oxygen atoms in total. The highest BCUT2D eigenvalue weighted by Crippen LogP contribution is 2.69. The van der Waals surface area contributed by atoms with E-state index < -0.39 is 0 Å². The number of benzene rings is 1. The lowest BCUT2D eigenvalue weighted by atomic mass is 9.44. The second-order valence-corrected chi connectivity index (χ2v) is 15.7. The second-order valence-electron chi connectivity index (χ2n) is 15.7. The van der Waals surface area contributed by atoms with Crippen LogP contribution in [0.4, 0.5) is 11.4 Å². The largest absolute Gasteiger partial charge is 0.458 e. The van der Waals surface area contributed by atoms with E-state index in [4.69, 9.17) is 16.2 Å². The standard InChI is InChI=1S/C36H56N2O2.2C2H6/c1-22(2)9-8-10-23(3)28-12-13-29-27-11-14-31-34(4,5)32(40-33(39)24-19-25(37)21-26(38)20-24)16-18-36(31,7)30(27)15-17-35(28,29)6;2*1-2/h14,19-23,27-30,32H,8-13,15-18,37-38H2,1-7H3;2*1-2H3. The maximum Gasteiger partial charge on any atom is 0.338 e. The van der Waals surface area contributed by atoms with Crippen LogP contribution in [0.3, 0.4) is 0 Å². The first-order valence-corrected chi connectivity index (χ1v) is 18.4. The molecule has 44 heavy (non-hydrogen) atoms. The Morgan fingerprint density at radius 3 is 2.11 bits per heavy atom. The number of nitrogens with two attached hydrogens (primary N) is 2. The lowest BCUT2D eigenvalue weighted by Crippen LogP contribution is -2.55. The zero-order valence-electron chi connectivity index (χ0n) is 30.4. The van der Waals surface area contributed by atoms with Crippen molar-refractivity contribution in [1.29, 1.82) is 0 Å². The molecular formula is C40H68N2O2. The molecule has 8 unspecified atom stereocenters. The van der Waals surface area contributed by atoms with Gasteiger partial charge in [0.05, 0.1) is 5.56 Å². The number of hydrogen-bond acceptors (Lipinski definition) is 4. The first kappa shape index (κ1) is 36.5. The van der Waals surface area contributed by atoms with Gasteiger partial charge in [0.2, 0.25) is 0 Å². The molecule has 1 aromatic rings. The molecule has 1 aromatic carbocycles. The van der Waals surface area contributed by atoms with Gasteiger partial charge in [0.15, 0.2) is 0 Å². The number of ether oxygens (including phenoxy) is 1. The Balaban J connectivity index is 0.00000127. The van der Waals surface area contributed by atoms with E-state index >= 15 is 0 Å². The number of hydrogen-bond donors (Lipinski definition) is 2. The first-order chi connectivity index (χ1) is 20.8. The Kier molecular flexibility index (Phi) is 12.1. The molecule has 250 valence electrons. The summed E-state index contributed by atoms with van der Waals surface area (Å²) in [4.78, 5) is 13.2. The summed E-state index contributed by atoms with van der Waals surface area (Å²) in [6, 6.07) is 5.01. The number of fused-ring (bicyclic) bond motifs is 5. The predicted molar refractivity (Wildman–Crippen MR) is 189 cm³/mol. The van der Waals surface area contributed by atoms with Gasteiger partial charge in [-0.05, 0) is 109 Å². The molecule has 0 heterocycles. The summed E-state index contributed by atoms with van der Waals surface area (Å²) in [6.45, 7) is 25.1. The highest BCUT2D eigenvalue weighted by atomic mass is 16.5. The van der Waals surface area contributed by atoms with Gasteiger partial charge in [0.1, 0.15) is 6.10 Å². The second kappa shape index (κ2) is 14.6. The Hall–Kier alpha value is -1.97. The minimum Gasteiger partial charge on any atom is -0.458 e. The van der Waals surface area contributed by atoms with Crippen molar-refractivity contribution in [3.8, 4) is 0 Å². The molecule has 0 saturated heterocycles. The van der Waals surface area contributed by atoms with Gasteiger partial charge in [-0.25, -0.2) is 4.79 Å². The summed E-state index contributed by atoms with van der Waals surface area (Å²) >= 11 is 0. The Bertz CT molecular complexity index is 1120. The van der Waals surface area contributed by atoms with Crippen molar-refractivity contribution in [1.82, 2.24) is 0 Å². The van der Waals surface area contributed by atoms with Gasteiger partial charge in [-0.3, -0.25) is 0 Å². The average Bonchev–Trinajstić information content (AvgIpc) is 3.33. The van der Waals surface area contributed by atoms with Crippen LogP contribution in [0.2, 0.25) is 0 Å². The molecule has 4 aliphatic carbocycles. The molecule has 4 aliphatic rings. The lowest BCUT2D eigenvalue weighted by molar-refractivity contribution is -0.0827. The van der Waals surface area contributed by atoms with E-state index in [1.54, 1.807) is 18.2 Å². The summed E-state index contributed by atoms with van der Waals surface area (Å²) in [7, 11) is 0. The van der Waals surface area contributed by atoms with Gasteiger partial charge in [0.25, 0.3) is 0 Å². The molecule has 4 N–H and O–H groups in total. The fourth-order valence-corrected chi connectivity index (χ4v) is 10.6. The van der Waals surface area contributed by atoms with Crippen LogP contribution in [0, 0.1) is 51.8 Å². The quantitative estimate of drug-likeness (QED) is 0.183. The van der Waals surface area contributed by atoms with Crippen molar-refractivity contribution in [2.45, 2.75) is 146 Å². The van der Waals surface area contributed by atoms with Crippen molar-refractivity contribution in [2.24, 2.45) is 51.8 Å². The van der Waals surface area contributed by atoms with Crippen LogP contribution in [-0.2, 0) is 4.74 Å². The Labute approximate surface area is 271 Å². The van der Waals surface area contributed by atoms with E-state index in [9.17, 15) is 4.79 Å². The molecule has 0 aliphatic heterocycles. The van der Waals surface area contributed by atoms with Crippen LogP contribution in [0.5, 0.6) is 0 Å². The maximum atomic E-state index is 13.2. The number of carbonyl (C=O) groups is 1. The van der Waals surface area contributed by atoms with Gasteiger partial charge < -0.3 is 16.2 Å². The number of allylic oxidation sites excluding steroid dienone is 1. The predicted octanol–water partition coefficient (Wildman–Crippen LogP) is 11.1. The van der Waals surface area contributed by atoms with Gasteiger partial charge in [-0.1, -0.05) is 107 Å². The summed E-state index contributed by atoms with van der Waals surface area (Å²) in [5.41, 5.74) is 15.4. The minimum atomic E-state index is -0.317.